The first kappa shape index (κ1) is 14.6. The second kappa shape index (κ2) is 6.10. The summed E-state index contributed by atoms with van der Waals surface area (Å²) in [7, 11) is 0. The Morgan fingerprint density at radius 1 is 1.21 bits per heavy atom. The van der Waals surface area contributed by atoms with Gasteiger partial charge in [0, 0.05) is 29.2 Å². The number of ketones is 1. The van der Waals surface area contributed by atoms with Crippen LogP contribution < -0.4 is 0 Å². The Balaban J connectivity index is 2.08. The minimum absolute atomic E-state index is 0.0199. The van der Waals surface area contributed by atoms with Gasteiger partial charge in [-0.25, -0.2) is 0 Å². The van der Waals surface area contributed by atoms with E-state index >= 15 is 0 Å². The van der Waals surface area contributed by atoms with Crippen LogP contribution in [0.2, 0.25) is 0 Å². The monoisotopic (exact) mass is 277 g/mol. The Labute approximate surface area is 120 Å². The molecule has 1 heterocycles. The van der Waals surface area contributed by atoms with Gasteiger partial charge in [-0.1, -0.05) is 43.7 Å². The Hall–Kier alpha value is -0.800. The Bertz CT molecular complexity index is 433. The van der Waals surface area contributed by atoms with Crippen LogP contribution in [0.15, 0.2) is 24.3 Å². The third-order valence-electron chi connectivity index (χ3n) is 3.71. The van der Waals surface area contributed by atoms with Crippen molar-refractivity contribution in [2.24, 2.45) is 0 Å². The fraction of sp³-hybridized carbons (Fsp3) is 0.562. The van der Waals surface area contributed by atoms with Crippen molar-refractivity contribution in [2.75, 3.05) is 13.1 Å². The van der Waals surface area contributed by atoms with E-state index < -0.39 is 0 Å². The molecule has 1 aliphatic rings. The molecule has 1 aromatic carbocycles. The lowest BCUT2D eigenvalue weighted by atomic mass is 10.0. The van der Waals surface area contributed by atoms with Crippen molar-refractivity contribution in [3.8, 4) is 0 Å². The molecule has 19 heavy (non-hydrogen) atoms. The Kier molecular flexibility index (Phi) is 4.69. The molecule has 0 amide bonds. The first-order chi connectivity index (χ1) is 8.97. The van der Waals surface area contributed by atoms with E-state index in [1.807, 2.05) is 49.9 Å². The van der Waals surface area contributed by atoms with E-state index in [9.17, 15) is 4.79 Å². The van der Waals surface area contributed by atoms with Gasteiger partial charge in [0.25, 0.3) is 0 Å². The molecule has 3 atom stereocenters. The molecule has 3 unspecified atom stereocenters. The predicted molar refractivity (Wildman–Crippen MR) is 83.1 cm³/mol. The number of aryl methyl sites for hydroxylation is 1. The maximum atomic E-state index is 12.5. The highest BCUT2D eigenvalue weighted by Gasteiger charge is 2.29. The van der Waals surface area contributed by atoms with Crippen LogP contribution in [-0.4, -0.2) is 40.3 Å². The molecule has 1 aliphatic heterocycles. The molecule has 3 heteroatoms. The van der Waals surface area contributed by atoms with Gasteiger partial charge in [0.15, 0.2) is 5.78 Å². The third kappa shape index (κ3) is 3.61. The number of hydrogen-bond donors (Lipinski definition) is 0. The molecule has 1 fully saturated rings. The van der Waals surface area contributed by atoms with Gasteiger partial charge in [0.2, 0.25) is 0 Å². The number of Topliss-reactive ketones (excluding diaryl/α,β-unsaturated/α-hetero) is 1. The molecule has 0 aliphatic carbocycles. The van der Waals surface area contributed by atoms with Gasteiger partial charge in [-0.15, -0.1) is 0 Å². The summed E-state index contributed by atoms with van der Waals surface area (Å²) in [6.07, 6.45) is 0. The van der Waals surface area contributed by atoms with Gasteiger partial charge in [0.1, 0.15) is 0 Å². The lowest BCUT2D eigenvalue weighted by Crippen LogP contribution is -2.48. The zero-order valence-corrected chi connectivity index (χ0v) is 13.0. The normalized spacial score (nSPS) is 26.1. The summed E-state index contributed by atoms with van der Waals surface area (Å²) >= 11 is 2.02. The molecule has 0 saturated carbocycles. The number of thioether (sulfide) groups is 1. The van der Waals surface area contributed by atoms with Gasteiger partial charge >= 0.3 is 0 Å². The van der Waals surface area contributed by atoms with E-state index in [0.717, 1.165) is 18.7 Å². The molecule has 2 rings (SSSR count). The minimum atomic E-state index is -0.0199. The molecule has 0 radical (unpaired) electrons. The lowest BCUT2D eigenvalue weighted by Gasteiger charge is -2.37. The number of carbonyl (C=O) groups excluding carboxylic acids is 1. The van der Waals surface area contributed by atoms with Crippen LogP contribution in [0.5, 0.6) is 0 Å². The van der Waals surface area contributed by atoms with E-state index in [2.05, 4.69) is 18.7 Å². The highest BCUT2D eigenvalue weighted by molar-refractivity contribution is 8.00. The predicted octanol–water partition coefficient (Wildman–Crippen LogP) is 3.39. The summed E-state index contributed by atoms with van der Waals surface area (Å²) in [5.41, 5.74) is 2.03. The molecule has 0 spiro atoms. The summed E-state index contributed by atoms with van der Waals surface area (Å²) in [6, 6.07) is 7.89. The fourth-order valence-corrected chi connectivity index (χ4v) is 4.01. The first-order valence-electron chi connectivity index (χ1n) is 6.97. The van der Waals surface area contributed by atoms with Crippen molar-refractivity contribution in [1.82, 2.24) is 4.90 Å². The number of nitrogens with zero attached hydrogens (tertiary/aromatic N) is 1. The molecule has 0 N–H and O–H groups in total. The van der Waals surface area contributed by atoms with Crippen molar-refractivity contribution in [2.45, 2.75) is 44.2 Å². The van der Waals surface area contributed by atoms with Crippen molar-refractivity contribution in [3.63, 3.8) is 0 Å². The van der Waals surface area contributed by atoms with Gasteiger partial charge in [0.05, 0.1) is 6.04 Å². The average molecular weight is 277 g/mol. The van der Waals surface area contributed by atoms with Crippen LogP contribution in [0.25, 0.3) is 0 Å². The molecule has 1 saturated heterocycles. The summed E-state index contributed by atoms with van der Waals surface area (Å²) < 4.78 is 0. The smallest absolute Gasteiger partial charge is 0.179 e. The third-order valence-corrected chi connectivity index (χ3v) is 4.94. The van der Waals surface area contributed by atoms with Crippen LogP contribution in [0, 0.1) is 6.92 Å². The van der Waals surface area contributed by atoms with E-state index in [1.165, 1.54) is 5.56 Å². The molecule has 1 aromatic rings. The van der Waals surface area contributed by atoms with Crippen LogP contribution in [0.1, 0.15) is 36.7 Å². The molecule has 2 nitrogen and oxygen atoms in total. The Morgan fingerprint density at radius 3 is 2.26 bits per heavy atom. The Morgan fingerprint density at radius 2 is 1.74 bits per heavy atom. The molecule has 104 valence electrons. The largest absolute Gasteiger partial charge is 0.292 e. The minimum Gasteiger partial charge on any atom is -0.292 e. The molecular weight excluding hydrogens is 254 g/mol. The number of carbonyl (C=O) groups is 1. The summed E-state index contributed by atoms with van der Waals surface area (Å²) in [4.78, 5) is 14.8. The highest BCUT2D eigenvalue weighted by atomic mass is 32.2. The van der Waals surface area contributed by atoms with Crippen LogP contribution in [0.3, 0.4) is 0 Å². The van der Waals surface area contributed by atoms with Gasteiger partial charge in [-0.3, -0.25) is 9.69 Å². The summed E-state index contributed by atoms with van der Waals surface area (Å²) in [5.74, 6) is 0.242. The number of benzene rings is 1. The fourth-order valence-electron chi connectivity index (χ4n) is 2.66. The van der Waals surface area contributed by atoms with E-state index in [1.54, 1.807) is 0 Å². The van der Waals surface area contributed by atoms with Gasteiger partial charge in [-0.05, 0) is 13.8 Å². The maximum absolute atomic E-state index is 12.5. The quantitative estimate of drug-likeness (QED) is 0.790. The molecule has 0 bridgehead atoms. The van der Waals surface area contributed by atoms with E-state index in [0.29, 0.717) is 10.5 Å². The van der Waals surface area contributed by atoms with Gasteiger partial charge in [-0.2, -0.15) is 11.8 Å². The second-order valence-electron chi connectivity index (χ2n) is 5.62. The maximum Gasteiger partial charge on any atom is 0.179 e. The van der Waals surface area contributed by atoms with Gasteiger partial charge < -0.3 is 0 Å². The topological polar surface area (TPSA) is 20.3 Å². The molecular formula is C16H23NOS. The standard InChI is InChI=1S/C16H23NOS/c1-11-5-7-15(8-6-11)16(18)14(4)17-9-12(2)19-13(3)10-17/h5-8,12-14H,9-10H2,1-4H3. The summed E-state index contributed by atoms with van der Waals surface area (Å²) in [5, 5.41) is 1.22. The van der Waals surface area contributed by atoms with E-state index in [-0.39, 0.29) is 11.8 Å². The van der Waals surface area contributed by atoms with Crippen molar-refractivity contribution in [1.29, 1.82) is 0 Å². The van der Waals surface area contributed by atoms with E-state index in [4.69, 9.17) is 0 Å². The number of rotatable bonds is 3. The van der Waals surface area contributed by atoms with Crippen LogP contribution >= 0.6 is 11.8 Å². The zero-order valence-electron chi connectivity index (χ0n) is 12.2. The van der Waals surface area contributed by atoms with Crippen molar-refractivity contribution >= 4 is 17.5 Å². The zero-order chi connectivity index (χ0) is 14.0. The van der Waals surface area contributed by atoms with Crippen molar-refractivity contribution in [3.05, 3.63) is 35.4 Å². The second-order valence-corrected chi connectivity index (χ2v) is 7.50. The SMILES string of the molecule is Cc1ccc(C(=O)C(C)N2CC(C)SC(C)C2)cc1. The van der Waals surface area contributed by atoms with Crippen molar-refractivity contribution < 1.29 is 4.79 Å². The van der Waals surface area contributed by atoms with Crippen LogP contribution in [0.4, 0.5) is 0 Å². The van der Waals surface area contributed by atoms with Crippen LogP contribution in [-0.2, 0) is 0 Å². The number of hydrogen-bond acceptors (Lipinski definition) is 3. The lowest BCUT2D eigenvalue weighted by molar-refractivity contribution is 0.0836. The first-order valence-corrected chi connectivity index (χ1v) is 7.92. The average Bonchev–Trinajstić information content (AvgIpc) is 2.37. The molecule has 0 aromatic heterocycles. The highest BCUT2D eigenvalue weighted by Crippen LogP contribution is 2.26. The summed E-state index contributed by atoms with van der Waals surface area (Å²) in [6.45, 7) is 10.6.